The molecule has 3 N–H and O–H groups in total. The van der Waals surface area contributed by atoms with Gasteiger partial charge in [-0.05, 0) is 77.0 Å². The second-order valence-electron chi connectivity index (χ2n) is 11.3. The van der Waals surface area contributed by atoms with E-state index in [2.05, 4.69) is 20.0 Å². The third kappa shape index (κ3) is 5.94. The summed E-state index contributed by atoms with van der Waals surface area (Å²) >= 11 is 0. The second kappa shape index (κ2) is 9.45. The van der Waals surface area contributed by atoms with Crippen molar-refractivity contribution in [1.29, 1.82) is 0 Å². The molecule has 1 spiro atoms. The molecule has 1 unspecified atom stereocenters. The molecule has 38 heavy (non-hydrogen) atoms. The highest BCUT2D eigenvalue weighted by molar-refractivity contribution is 7.89. The molecule has 0 bridgehead atoms. The van der Waals surface area contributed by atoms with E-state index < -0.39 is 38.9 Å². The maximum atomic E-state index is 13.5. The van der Waals surface area contributed by atoms with E-state index in [1.54, 1.807) is 25.7 Å². The van der Waals surface area contributed by atoms with Crippen molar-refractivity contribution < 1.29 is 31.5 Å². The molecule has 13 heteroatoms. The Bertz CT molecular complexity index is 1330. The van der Waals surface area contributed by atoms with E-state index in [4.69, 9.17) is 0 Å². The molecule has 2 heterocycles. The van der Waals surface area contributed by atoms with Gasteiger partial charge < -0.3 is 15.3 Å². The fourth-order valence-electron chi connectivity index (χ4n) is 4.40. The van der Waals surface area contributed by atoms with Gasteiger partial charge in [0.15, 0.2) is 11.5 Å². The molecule has 1 saturated carbocycles. The van der Waals surface area contributed by atoms with Crippen LogP contribution in [0.3, 0.4) is 0 Å². The summed E-state index contributed by atoms with van der Waals surface area (Å²) in [6.07, 6.45) is -0.424. The number of rotatable bonds is 6. The molecular weight excluding hydrogens is 523 g/mol. The normalized spacial score (nSPS) is 19.2. The molecule has 1 aromatic heterocycles. The molecule has 1 amide bonds. The largest absolute Gasteiger partial charge is 0.422 e. The van der Waals surface area contributed by atoms with E-state index in [1.807, 2.05) is 0 Å². The number of nitrogens with zero attached hydrogens (tertiary/aromatic N) is 3. The molecule has 1 aromatic carbocycles. The number of amides is 1. The van der Waals surface area contributed by atoms with Crippen LogP contribution in [0, 0.1) is 5.41 Å². The fourth-order valence-corrected chi connectivity index (χ4v) is 5.87. The number of aromatic nitrogens is 2. The molecule has 0 radical (unpaired) electrons. The zero-order chi connectivity index (χ0) is 28.1. The lowest BCUT2D eigenvalue weighted by atomic mass is 9.93. The number of hydrogen-bond acceptors (Lipinski definition) is 7. The molecule has 1 saturated heterocycles. The average molecular weight is 556 g/mol. The Morgan fingerprint density at radius 1 is 1.08 bits per heavy atom. The van der Waals surface area contributed by atoms with Crippen LogP contribution in [0.1, 0.15) is 69.6 Å². The van der Waals surface area contributed by atoms with Crippen LogP contribution in [-0.2, 0) is 15.6 Å². The lowest BCUT2D eigenvalue weighted by Crippen LogP contribution is -2.42. The Balaban J connectivity index is 1.65. The van der Waals surface area contributed by atoms with Gasteiger partial charge in [-0.2, -0.15) is 13.2 Å². The number of carbonyl (C=O) groups excluding carboxylic acids is 1. The lowest BCUT2D eigenvalue weighted by molar-refractivity contribution is -0.260. The zero-order valence-corrected chi connectivity index (χ0v) is 22.5. The van der Waals surface area contributed by atoms with E-state index in [9.17, 15) is 31.5 Å². The molecule has 9 nitrogen and oxygen atoms in total. The van der Waals surface area contributed by atoms with Crippen molar-refractivity contribution in [1.82, 2.24) is 14.7 Å². The molecule has 1 aliphatic heterocycles. The minimum absolute atomic E-state index is 0.0572. The first-order valence-corrected chi connectivity index (χ1v) is 13.8. The first-order valence-electron chi connectivity index (χ1n) is 12.3. The van der Waals surface area contributed by atoms with E-state index in [1.165, 1.54) is 24.3 Å². The van der Waals surface area contributed by atoms with Gasteiger partial charge in [0.25, 0.3) is 5.91 Å². The van der Waals surface area contributed by atoms with Gasteiger partial charge in [-0.15, -0.1) is 0 Å². The Kier molecular flexibility index (Phi) is 7.03. The Hall–Kier alpha value is -2.77. The number of anilines is 2. The van der Waals surface area contributed by atoms with Crippen molar-refractivity contribution in [3.05, 3.63) is 41.9 Å². The first kappa shape index (κ1) is 28.2. The van der Waals surface area contributed by atoms with Crippen molar-refractivity contribution >= 4 is 27.4 Å². The molecular formula is C25H32F3N5O4S. The van der Waals surface area contributed by atoms with Gasteiger partial charge >= 0.3 is 6.18 Å². The van der Waals surface area contributed by atoms with Crippen LogP contribution in [-0.4, -0.2) is 54.2 Å². The van der Waals surface area contributed by atoms with Crippen LogP contribution >= 0.6 is 0 Å². The van der Waals surface area contributed by atoms with Gasteiger partial charge in [0, 0.05) is 24.3 Å². The smallest absolute Gasteiger partial charge is 0.375 e. The summed E-state index contributed by atoms with van der Waals surface area (Å²) < 4.78 is 68.5. The summed E-state index contributed by atoms with van der Waals surface area (Å²) in [5.74, 6) is -0.825. The Labute approximate surface area is 219 Å². The number of alkyl halides is 3. The summed E-state index contributed by atoms with van der Waals surface area (Å²) in [6, 6.07) is 5.61. The Morgan fingerprint density at radius 3 is 2.26 bits per heavy atom. The summed E-state index contributed by atoms with van der Waals surface area (Å²) in [7, 11) is -3.88. The predicted octanol–water partition coefficient (Wildman–Crippen LogP) is 3.96. The third-order valence-corrected chi connectivity index (χ3v) is 8.70. The molecule has 208 valence electrons. The van der Waals surface area contributed by atoms with Crippen molar-refractivity contribution in [2.24, 2.45) is 5.41 Å². The molecule has 1 aliphatic carbocycles. The maximum absolute atomic E-state index is 13.5. The van der Waals surface area contributed by atoms with Crippen LogP contribution in [0.25, 0.3) is 0 Å². The van der Waals surface area contributed by atoms with Crippen LogP contribution in [0.15, 0.2) is 35.4 Å². The van der Waals surface area contributed by atoms with Gasteiger partial charge in [0.05, 0.1) is 11.1 Å². The van der Waals surface area contributed by atoms with E-state index in [0.29, 0.717) is 20.0 Å². The van der Waals surface area contributed by atoms with E-state index in [-0.39, 0.29) is 27.5 Å². The maximum Gasteiger partial charge on any atom is 0.422 e. The van der Waals surface area contributed by atoms with Gasteiger partial charge in [-0.3, -0.25) is 4.79 Å². The number of halogens is 3. The minimum Gasteiger partial charge on any atom is -0.375 e. The molecule has 4 rings (SSSR count). The SMILES string of the molecule is CC(C)(C)NS(=O)(=O)c1cccc(NC(=O)c2ncc(C(C)(O)C(F)(F)F)nc2N2CCC3(CC2)CC3)c1. The fraction of sp³-hybridized carbons (Fsp3) is 0.560. The summed E-state index contributed by atoms with van der Waals surface area (Å²) in [5.41, 5.74) is -4.52. The van der Waals surface area contributed by atoms with Crippen molar-refractivity contribution in [3.63, 3.8) is 0 Å². The van der Waals surface area contributed by atoms with Gasteiger partial charge in [0.1, 0.15) is 5.69 Å². The van der Waals surface area contributed by atoms with Crippen LogP contribution in [0.4, 0.5) is 24.7 Å². The number of aliphatic hydroxyl groups is 1. The quantitative estimate of drug-likeness (QED) is 0.493. The van der Waals surface area contributed by atoms with E-state index in [0.717, 1.165) is 31.9 Å². The molecule has 2 fully saturated rings. The zero-order valence-electron chi connectivity index (χ0n) is 21.7. The van der Waals surface area contributed by atoms with Gasteiger partial charge in [0.2, 0.25) is 15.6 Å². The molecule has 2 aromatic rings. The van der Waals surface area contributed by atoms with E-state index >= 15 is 0 Å². The highest BCUT2D eigenvalue weighted by atomic mass is 32.2. The van der Waals surface area contributed by atoms with Crippen LogP contribution in [0.5, 0.6) is 0 Å². The van der Waals surface area contributed by atoms with Crippen LogP contribution in [0.2, 0.25) is 0 Å². The van der Waals surface area contributed by atoms with Crippen LogP contribution < -0.4 is 14.9 Å². The van der Waals surface area contributed by atoms with Crippen molar-refractivity contribution in [2.75, 3.05) is 23.3 Å². The number of hydrogen-bond donors (Lipinski definition) is 3. The van der Waals surface area contributed by atoms with Gasteiger partial charge in [-0.25, -0.2) is 23.1 Å². The monoisotopic (exact) mass is 555 g/mol. The summed E-state index contributed by atoms with van der Waals surface area (Å²) in [6.45, 7) is 6.65. The number of benzene rings is 1. The Morgan fingerprint density at radius 2 is 1.71 bits per heavy atom. The topological polar surface area (TPSA) is 125 Å². The van der Waals surface area contributed by atoms with Gasteiger partial charge in [-0.1, -0.05) is 6.07 Å². The molecule has 1 atom stereocenters. The number of nitrogens with one attached hydrogen (secondary N) is 2. The first-order chi connectivity index (χ1) is 17.4. The highest BCUT2D eigenvalue weighted by Gasteiger charge is 2.53. The highest BCUT2D eigenvalue weighted by Crippen LogP contribution is 2.54. The van der Waals surface area contributed by atoms with Crippen molar-refractivity contribution in [3.8, 4) is 0 Å². The second-order valence-corrected chi connectivity index (χ2v) is 13.0. The number of piperidine rings is 1. The van der Waals surface area contributed by atoms with Crippen molar-refractivity contribution in [2.45, 2.75) is 75.6 Å². The lowest BCUT2D eigenvalue weighted by Gasteiger charge is -2.34. The summed E-state index contributed by atoms with van der Waals surface area (Å²) in [5, 5.41) is 12.8. The average Bonchev–Trinajstić information content (AvgIpc) is 3.55. The molecule has 2 aliphatic rings. The number of carbonyl (C=O) groups is 1. The standard InChI is InChI=1S/C25H32F3N5O4S/c1-22(2,3)32-38(36,37)17-7-5-6-16(14-17)30-21(34)19-20(33-12-10-24(8-9-24)11-13-33)31-18(15-29-19)23(4,35)25(26,27)28/h5-7,14-15,32,35H,8-13H2,1-4H3,(H,30,34). The summed E-state index contributed by atoms with van der Waals surface area (Å²) in [4.78, 5) is 23.0. The number of sulfonamides is 1. The predicted molar refractivity (Wildman–Crippen MR) is 135 cm³/mol. The third-order valence-electron chi connectivity index (χ3n) is 6.94. The minimum atomic E-state index is -5.00.